The van der Waals surface area contributed by atoms with Crippen molar-refractivity contribution in [3.8, 4) is 5.75 Å². The monoisotopic (exact) mass is 391 g/mol. The molecule has 0 spiro atoms. The largest absolute Gasteiger partial charge is 0.495 e. The van der Waals surface area contributed by atoms with Crippen molar-refractivity contribution in [1.29, 1.82) is 0 Å². The molecule has 26 heavy (non-hydrogen) atoms. The number of rotatable bonds is 4. The summed E-state index contributed by atoms with van der Waals surface area (Å²) >= 11 is 1.07. The Labute approximate surface area is 154 Å². The van der Waals surface area contributed by atoms with Gasteiger partial charge in [0.15, 0.2) is 0 Å². The smallest absolute Gasteiger partial charge is 0.323 e. The van der Waals surface area contributed by atoms with E-state index in [0.717, 1.165) is 23.2 Å². The highest BCUT2D eigenvalue weighted by atomic mass is 32.2. The number of aromatic nitrogens is 1. The number of sulfone groups is 1. The van der Waals surface area contributed by atoms with Crippen molar-refractivity contribution in [2.75, 3.05) is 24.0 Å². The first-order valence-corrected chi connectivity index (χ1v) is 10.3. The fourth-order valence-corrected chi connectivity index (χ4v) is 4.22. The number of amides is 2. The maximum Gasteiger partial charge on any atom is 0.323 e. The van der Waals surface area contributed by atoms with Gasteiger partial charge in [-0.3, -0.25) is 0 Å². The Morgan fingerprint density at radius 3 is 2.62 bits per heavy atom. The standard InChI is InChI=1S/C17H17N3O4S2/c1-10-4-7-14(24-2)13(8-10)19-16(21)18-11-5-6-12-15(9-11)25-17(20-12)26(3,22)23/h4-9H,1-3H3,(H2,18,19,21). The molecule has 3 rings (SSSR count). The molecule has 2 aromatic carbocycles. The third-order valence-corrected chi connectivity index (χ3v) is 6.24. The van der Waals surface area contributed by atoms with Crippen LogP contribution in [-0.2, 0) is 9.84 Å². The van der Waals surface area contributed by atoms with E-state index in [-0.39, 0.29) is 4.34 Å². The van der Waals surface area contributed by atoms with Crippen LogP contribution in [0.5, 0.6) is 5.75 Å². The lowest BCUT2D eigenvalue weighted by atomic mass is 10.2. The number of anilines is 2. The Bertz CT molecular complexity index is 1090. The van der Waals surface area contributed by atoms with E-state index in [9.17, 15) is 13.2 Å². The number of nitrogens with zero attached hydrogens (tertiary/aromatic N) is 1. The van der Waals surface area contributed by atoms with Gasteiger partial charge in [0.05, 0.1) is 23.0 Å². The van der Waals surface area contributed by atoms with Crippen molar-refractivity contribution in [3.63, 3.8) is 0 Å². The first kappa shape index (κ1) is 18.2. The Balaban J connectivity index is 1.80. The first-order valence-electron chi connectivity index (χ1n) is 7.59. The molecule has 0 unspecified atom stereocenters. The van der Waals surface area contributed by atoms with Crippen molar-refractivity contribution >= 4 is 48.8 Å². The number of fused-ring (bicyclic) bond motifs is 1. The van der Waals surface area contributed by atoms with E-state index in [0.29, 0.717) is 27.3 Å². The lowest BCUT2D eigenvalue weighted by Crippen LogP contribution is -2.19. The highest BCUT2D eigenvalue weighted by Crippen LogP contribution is 2.28. The number of hydrogen-bond acceptors (Lipinski definition) is 6. The minimum absolute atomic E-state index is 0.0543. The van der Waals surface area contributed by atoms with Crippen LogP contribution >= 0.6 is 11.3 Å². The quantitative estimate of drug-likeness (QED) is 0.707. The molecule has 9 heteroatoms. The fraction of sp³-hybridized carbons (Fsp3) is 0.176. The molecule has 0 atom stereocenters. The molecule has 0 saturated carbocycles. The summed E-state index contributed by atoms with van der Waals surface area (Å²) < 4.78 is 29.2. The number of hydrogen-bond donors (Lipinski definition) is 2. The number of aryl methyl sites for hydroxylation is 1. The van der Waals surface area contributed by atoms with Gasteiger partial charge in [-0.25, -0.2) is 18.2 Å². The maximum atomic E-state index is 12.3. The Morgan fingerprint density at radius 2 is 1.92 bits per heavy atom. The zero-order valence-electron chi connectivity index (χ0n) is 14.4. The number of carbonyl (C=O) groups is 1. The molecule has 0 radical (unpaired) electrons. The van der Waals surface area contributed by atoms with E-state index < -0.39 is 15.9 Å². The molecule has 0 aliphatic carbocycles. The van der Waals surface area contributed by atoms with Crippen molar-refractivity contribution in [1.82, 2.24) is 4.98 Å². The predicted octanol–water partition coefficient (Wildman–Crippen LogP) is 3.66. The van der Waals surface area contributed by atoms with Gasteiger partial charge in [0.2, 0.25) is 14.2 Å². The summed E-state index contributed by atoms with van der Waals surface area (Å²) in [7, 11) is -1.83. The van der Waals surface area contributed by atoms with Gasteiger partial charge >= 0.3 is 6.03 Å². The zero-order chi connectivity index (χ0) is 18.9. The minimum atomic E-state index is -3.36. The molecule has 0 aliphatic rings. The van der Waals surface area contributed by atoms with E-state index in [1.807, 2.05) is 19.1 Å². The molecule has 7 nitrogen and oxygen atoms in total. The van der Waals surface area contributed by atoms with Crippen LogP contribution in [0, 0.1) is 6.92 Å². The molecule has 3 aromatic rings. The van der Waals surface area contributed by atoms with Crippen molar-refractivity contribution in [3.05, 3.63) is 42.0 Å². The average Bonchev–Trinajstić information content (AvgIpc) is 2.98. The van der Waals surface area contributed by atoms with Crippen molar-refractivity contribution in [2.24, 2.45) is 0 Å². The molecule has 0 aliphatic heterocycles. The predicted molar refractivity (Wildman–Crippen MR) is 103 cm³/mol. The summed E-state index contributed by atoms with van der Waals surface area (Å²) in [5.74, 6) is 0.557. The van der Waals surface area contributed by atoms with Gasteiger partial charge in [-0.1, -0.05) is 6.07 Å². The zero-order valence-corrected chi connectivity index (χ0v) is 16.0. The van der Waals surface area contributed by atoms with Gasteiger partial charge in [-0.05, 0) is 42.8 Å². The fourth-order valence-electron chi connectivity index (χ4n) is 2.34. The summed E-state index contributed by atoms with van der Waals surface area (Å²) in [5, 5.41) is 5.47. The van der Waals surface area contributed by atoms with Crippen LogP contribution in [0.2, 0.25) is 0 Å². The minimum Gasteiger partial charge on any atom is -0.495 e. The second-order valence-electron chi connectivity index (χ2n) is 5.72. The number of carbonyl (C=O) groups excluding carboxylic acids is 1. The van der Waals surface area contributed by atoms with Gasteiger partial charge in [0, 0.05) is 11.9 Å². The molecule has 1 aromatic heterocycles. The molecular formula is C17H17N3O4S2. The molecule has 1 heterocycles. The Morgan fingerprint density at radius 1 is 1.15 bits per heavy atom. The van der Waals surface area contributed by atoms with Crippen LogP contribution in [0.3, 0.4) is 0 Å². The molecule has 0 fully saturated rings. The number of benzene rings is 2. The van der Waals surface area contributed by atoms with Crippen LogP contribution in [0.15, 0.2) is 40.7 Å². The summed E-state index contributed by atoms with van der Waals surface area (Å²) in [6, 6.07) is 10.1. The maximum absolute atomic E-state index is 12.3. The molecular weight excluding hydrogens is 374 g/mol. The van der Waals surface area contributed by atoms with Gasteiger partial charge in [-0.2, -0.15) is 0 Å². The van der Waals surface area contributed by atoms with E-state index in [2.05, 4.69) is 15.6 Å². The lowest BCUT2D eigenvalue weighted by Gasteiger charge is -2.12. The van der Waals surface area contributed by atoms with Crippen LogP contribution in [0.25, 0.3) is 10.2 Å². The average molecular weight is 391 g/mol. The summed E-state index contributed by atoms with van der Waals surface area (Å²) in [6.45, 7) is 1.92. The summed E-state index contributed by atoms with van der Waals surface area (Å²) in [4.78, 5) is 16.4. The van der Waals surface area contributed by atoms with Crippen molar-refractivity contribution < 1.29 is 17.9 Å². The van der Waals surface area contributed by atoms with Gasteiger partial charge in [0.1, 0.15) is 5.75 Å². The van der Waals surface area contributed by atoms with Crippen LogP contribution in [0.1, 0.15) is 5.56 Å². The highest BCUT2D eigenvalue weighted by molar-refractivity contribution is 7.92. The summed E-state index contributed by atoms with van der Waals surface area (Å²) in [5.41, 5.74) is 2.65. The second kappa shape index (κ2) is 6.93. The normalized spacial score (nSPS) is 11.3. The molecule has 0 saturated heterocycles. The topological polar surface area (TPSA) is 97.4 Å². The van der Waals surface area contributed by atoms with Crippen LogP contribution < -0.4 is 15.4 Å². The second-order valence-corrected chi connectivity index (χ2v) is 8.94. The molecule has 2 amide bonds. The van der Waals surface area contributed by atoms with E-state index in [4.69, 9.17) is 4.74 Å². The van der Waals surface area contributed by atoms with E-state index >= 15 is 0 Å². The molecule has 2 N–H and O–H groups in total. The Hall–Kier alpha value is -2.65. The number of thiazole rings is 1. The number of methoxy groups -OCH3 is 1. The van der Waals surface area contributed by atoms with E-state index in [1.54, 1.807) is 24.3 Å². The van der Waals surface area contributed by atoms with Gasteiger partial charge in [0.25, 0.3) is 0 Å². The van der Waals surface area contributed by atoms with Crippen LogP contribution in [-0.4, -0.2) is 32.8 Å². The lowest BCUT2D eigenvalue weighted by molar-refractivity contribution is 0.262. The molecule has 0 bridgehead atoms. The third kappa shape index (κ3) is 3.94. The summed E-state index contributed by atoms with van der Waals surface area (Å²) in [6.07, 6.45) is 1.12. The van der Waals surface area contributed by atoms with Gasteiger partial charge < -0.3 is 15.4 Å². The Kier molecular flexibility index (Phi) is 4.84. The first-order chi connectivity index (χ1) is 12.3. The molecule has 136 valence electrons. The number of nitrogens with one attached hydrogen (secondary N) is 2. The number of urea groups is 1. The van der Waals surface area contributed by atoms with Crippen molar-refractivity contribution in [2.45, 2.75) is 11.3 Å². The van der Waals surface area contributed by atoms with Crippen LogP contribution in [0.4, 0.5) is 16.2 Å². The third-order valence-electron chi connectivity index (χ3n) is 3.55. The van der Waals surface area contributed by atoms with E-state index in [1.165, 1.54) is 7.11 Å². The number of ether oxygens (including phenoxy) is 1. The van der Waals surface area contributed by atoms with Gasteiger partial charge in [-0.15, -0.1) is 11.3 Å². The highest BCUT2D eigenvalue weighted by Gasteiger charge is 2.14. The SMILES string of the molecule is COc1ccc(C)cc1NC(=O)Nc1ccc2nc(S(C)(=O)=O)sc2c1.